The Morgan fingerprint density at radius 1 is 0.969 bits per heavy atom. The Morgan fingerprint density at radius 3 is 2.12 bits per heavy atom. The molecule has 2 aromatic rings. The molecule has 1 spiro atoms. The molecule has 0 amide bonds. The van der Waals surface area contributed by atoms with Crippen LogP contribution in [0.5, 0.6) is 23.0 Å². The van der Waals surface area contributed by atoms with Gasteiger partial charge in [-0.15, -0.1) is 0 Å². The fraction of sp³-hybridized carbons (Fsp3) is 0.346. The summed E-state index contributed by atoms with van der Waals surface area (Å²) in [5.74, 6) is 2.47. The second-order valence-electron chi connectivity index (χ2n) is 8.16. The summed E-state index contributed by atoms with van der Waals surface area (Å²) in [5.41, 5.74) is 3.36. The number of carbonyl (C=O) groups is 1. The topological polar surface area (TPSA) is 63.2 Å². The first-order valence-corrected chi connectivity index (χ1v) is 10.4. The summed E-state index contributed by atoms with van der Waals surface area (Å²) < 4.78 is 28.7. The molecule has 32 heavy (non-hydrogen) atoms. The van der Waals surface area contributed by atoms with E-state index in [1.807, 2.05) is 37.3 Å². The zero-order valence-corrected chi connectivity index (χ0v) is 19.3. The van der Waals surface area contributed by atoms with E-state index in [0.29, 0.717) is 35.2 Å². The number of Topliss-reactive ketones (excluding diaryl/α,β-unsaturated/α-hetero) is 1. The first kappa shape index (κ1) is 21.8. The van der Waals surface area contributed by atoms with Crippen molar-refractivity contribution >= 4 is 17.4 Å². The monoisotopic (exact) mass is 436 g/mol. The van der Waals surface area contributed by atoms with Gasteiger partial charge in [0.05, 0.1) is 40.1 Å². The Morgan fingerprint density at radius 2 is 1.53 bits per heavy atom. The van der Waals surface area contributed by atoms with Crippen molar-refractivity contribution in [1.29, 1.82) is 0 Å². The highest BCUT2D eigenvalue weighted by molar-refractivity contribution is 5.91. The number of carbonyl (C=O) groups excluding carboxylic acids is 1. The maximum atomic E-state index is 13.2. The summed E-state index contributed by atoms with van der Waals surface area (Å²) in [6.07, 6.45) is 2.39. The molecule has 0 saturated carbocycles. The van der Waals surface area contributed by atoms with Crippen LogP contribution in [0.1, 0.15) is 48.4 Å². The third kappa shape index (κ3) is 3.13. The van der Waals surface area contributed by atoms with Crippen LogP contribution in [0.15, 0.2) is 36.6 Å². The van der Waals surface area contributed by atoms with Crippen molar-refractivity contribution in [3.8, 4) is 23.0 Å². The minimum Gasteiger partial charge on any atom is -0.493 e. The second-order valence-corrected chi connectivity index (χ2v) is 8.16. The van der Waals surface area contributed by atoms with Crippen LogP contribution < -0.4 is 18.9 Å². The van der Waals surface area contributed by atoms with Crippen molar-refractivity contribution in [3.05, 3.63) is 58.9 Å². The van der Waals surface area contributed by atoms with Crippen LogP contribution in [0.4, 0.5) is 0 Å². The summed E-state index contributed by atoms with van der Waals surface area (Å²) in [6, 6.07) is 7.59. The van der Waals surface area contributed by atoms with Gasteiger partial charge in [-0.05, 0) is 66.5 Å². The van der Waals surface area contributed by atoms with Gasteiger partial charge in [0.2, 0.25) is 0 Å². The Labute approximate surface area is 188 Å². The average molecular weight is 437 g/mol. The van der Waals surface area contributed by atoms with Gasteiger partial charge in [0, 0.05) is 12.0 Å². The van der Waals surface area contributed by atoms with E-state index in [1.165, 1.54) is 0 Å². The van der Waals surface area contributed by atoms with Gasteiger partial charge in [-0.1, -0.05) is 6.58 Å². The minimum absolute atomic E-state index is 0.0126. The number of allylic oxidation sites excluding steroid dienone is 1. The Kier molecular flexibility index (Phi) is 5.41. The molecule has 1 aliphatic carbocycles. The maximum absolute atomic E-state index is 13.2. The van der Waals surface area contributed by atoms with Gasteiger partial charge >= 0.3 is 0 Å². The predicted molar refractivity (Wildman–Crippen MR) is 123 cm³/mol. The van der Waals surface area contributed by atoms with Crippen LogP contribution in [0.3, 0.4) is 0 Å². The lowest BCUT2D eigenvalue weighted by atomic mass is 9.64. The van der Waals surface area contributed by atoms with Crippen LogP contribution in [0.25, 0.3) is 11.6 Å². The molecule has 0 aromatic heterocycles. The molecule has 2 atom stereocenters. The fourth-order valence-corrected chi connectivity index (χ4v) is 5.07. The highest BCUT2D eigenvalue weighted by Crippen LogP contribution is 2.58. The van der Waals surface area contributed by atoms with Crippen molar-refractivity contribution in [1.82, 2.24) is 0 Å². The molecule has 0 N–H and O–H groups in total. The zero-order valence-electron chi connectivity index (χ0n) is 19.3. The van der Waals surface area contributed by atoms with Gasteiger partial charge in [-0.3, -0.25) is 4.79 Å². The largest absolute Gasteiger partial charge is 0.493 e. The number of benzene rings is 2. The average Bonchev–Trinajstić information content (AvgIpc) is 2.77. The highest BCUT2D eigenvalue weighted by atomic mass is 16.5. The van der Waals surface area contributed by atoms with E-state index in [1.54, 1.807) is 35.4 Å². The lowest BCUT2D eigenvalue weighted by Gasteiger charge is -2.47. The molecule has 168 valence electrons. The van der Waals surface area contributed by atoms with Gasteiger partial charge in [0.25, 0.3) is 0 Å². The fourth-order valence-electron chi connectivity index (χ4n) is 5.07. The summed E-state index contributed by atoms with van der Waals surface area (Å²) in [6.45, 7) is 7.83. The molecule has 2 aliphatic rings. The first-order valence-electron chi connectivity index (χ1n) is 10.4. The van der Waals surface area contributed by atoms with E-state index in [9.17, 15) is 4.79 Å². The number of hydrogen-bond donors (Lipinski definition) is 0. The van der Waals surface area contributed by atoms with Crippen LogP contribution in [0, 0.1) is 0 Å². The summed E-state index contributed by atoms with van der Waals surface area (Å²) in [4.78, 5) is 13.2. The van der Waals surface area contributed by atoms with E-state index < -0.39 is 11.5 Å². The van der Waals surface area contributed by atoms with Gasteiger partial charge in [-0.2, -0.15) is 0 Å². The lowest BCUT2D eigenvalue weighted by Crippen LogP contribution is -2.44. The molecular formula is C26H28O6. The van der Waals surface area contributed by atoms with E-state index in [2.05, 4.69) is 6.58 Å². The standard InChI is InChI=1S/C26H28O6/c1-14-13-26(20-12-24(31-7)21(28-4)9-17(20)8-15(2)32-26)25(16(3)27)19-11-23(30-6)22(29-5)10-18(14)19/h8-12,25H,1,13H2,2-7H3. The molecule has 2 unspecified atom stereocenters. The van der Waals surface area contributed by atoms with Crippen LogP contribution in [0.2, 0.25) is 0 Å². The van der Waals surface area contributed by atoms with Gasteiger partial charge in [0.15, 0.2) is 28.6 Å². The third-order valence-corrected chi connectivity index (χ3v) is 6.31. The van der Waals surface area contributed by atoms with E-state index >= 15 is 0 Å². The van der Waals surface area contributed by atoms with Crippen LogP contribution >= 0.6 is 0 Å². The Hall–Kier alpha value is -3.41. The number of rotatable bonds is 5. The predicted octanol–water partition coefficient (Wildman–Crippen LogP) is 5.10. The number of fused-ring (bicyclic) bond motifs is 3. The van der Waals surface area contributed by atoms with E-state index in [0.717, 1.165) is 27.8 Å². The van der Waals surface area contributed by atoms with Crippen molar-refractivity contribution in [3.63, 3.8) is 0 Å². The molecule has 0 radical (unpaired) electrons. The van der Waals surface area contributed by atoms with E-state index in [4.69, 9.17) is 23.7 Å². The molecule has 2 aromatic carbocycles. The first-order chi connectivity index (χ1) is 15.3. The van der Waals surface area contributed by atoms with Crippen molar-refractivity contribution in [2.45, 2.75) is 31.8 Å². The van der Waals surface area contributed by atoms with Crippen molar-refractivity contribution in [2.24, 2.45) is 0 Å². The number of methoxy groups -OCH3 is 4. The zero-order chi connectivity index (χ0) is 23.2. The number of hydrogen-bond acceptors (Lipinski definition) is 6. The second kappa shape index (κ2) is 7.93. The summed E-state index contributed by atoms with van der Waals surface area (Å²) >= 11 is 0. The molecular weight excluding hydrogens is 408 g/mol. The molecule has 6 nitrogen and oxygen atoms in total. The van der Waals surface area contributed by atoms with E-state index in [-0.39, 0.29) is 5.78 Å². The molecule has 1 heterocycles. The lowest BCUT2D eigenvalue weighted by molar-refractivity contribution is -0.127. The van der Waals surface area contributed by atoms with Gasteiger partial charge in [-0.25, -0.2) is 0 Å². The summed E-state index contributed by atoms with van der Waals surface area (Å²) in [5, 5.41) is 0. The van der Waals surface area contributed by atoms with Crippen molar-refractivity contribution in [2.75, 3.05) is 28.4 Å². The number of ether oxygens (including phenoxy) is 5. The maximum Gasteiger partial charge on any atom is 0.161 e. The minimum atomic E-state index is -0.969. The normalized spacial score (nSPS) is 21.1. The molecule has 0 saturated heterocycles. The third-order valence-electron chi connectivity index (χ3n) is 6.31. The number of ketones is 1. The van der Waals surface area contributed by atoms with Gasteiger partial charge in [0.1, 0.15) is 5.78 Å². The SMILES string of the molecule is C=C1CC2(OC(C)=Cc3cc(OC)c(OC)cc32)C(C(C)=O)c2cc(OC)c(OC)cc21. The molecule has 4 rings (SSSR count). The smallest absolute Gasteiger partial charge is 0.161 e. The Balaban J connectivity index is 2.03. The highest BCUT2D eigenvalue weighted by Gasteiger charge is 2.53. The van der Waals surface area contributed by atoms with Crippen molar-refractivity contribution < 1.29 is 28.5 Å². The summed E-state index contributed by atoms with van der Waals surface area (Å²) in [7, 11) is 6.37. The molecule has 0 bridgehead atoms. The van der Waals surface area contributed by atoms with Gasteiger partial charge < -0.3 is 23.7 Å². The van der Waals surface area contributed by atoms with Crippen LogP contribution in [-0.2, 0) is 15.1 Å². The molecule has 6 heteroatoms. The van der Waals surface area contributed by atoms with Crippen LogP contribution in [-0.4, -0.2) is 34.2 Å². The molecule has 0 fully saturated rings. The quantitative estimate of drug-likeness (QED) is 0.650. The molecule has 1 aliphatic heterocycles. The Bertz CT molecular complexity index is 1150.